The molecule has 0 unspecified atom stereocenters. The van der Waals surface area contributed by atoms with Crippen LogP contribution in [0.25, 0.3) is 22.9 Å². The summed E-state index contributed by atoms with van der Waals surface area (Å²) in [5.74, 6) is 0.625. The van der Waals surface area contributed by atoms with E-state index in [1.54, 1.807) is 48.5 Å². The molecular weight excluding hydrogens is 452 g/mol. The van der Waals surface area contributed by atoms with Gasteiger partial charge in [0.15, 0.2) is 0 Å². The zero-order valence-corrected chi connectivity index (χ0v) is 19.2. The number of aromatic nitrogens is 2. The smallest absolute Gasteiger partial charge is 0.255 e. The summed E-state index contributed by atoms with van der Waals surface area (Å²) in [6.45, 7) is 2.46. The number of amides is 1. The van der Waals surface area contributed by atoms with E-state index in [4.69, 9.17) is 4.42 Å². The van der Waals surface area contributed by atoms with Crippen LogP contribution in [0.3, 0.4) is 0 Å². The number of carbonyl (C=O) groups excluding carboxylic acids is 1. The SMILES string of the molecule is Cc1ccc(-c2nnc(-c3ccc(C(=O)Nc4cccc(N5CCCS5(=O)=O)c4)cc3)o2)cc1. The molecule has 3 aromatic carbocycles. The Kier molecular flexibility index (Phi) is 5.62. The Labute approximate surface area is 197 Å². The maximum absolute atomic E-state index is 12.7. The average Bonchev–Trinajstić information content (AvgIpc) is 3.46. The van der Waals surface area contributed by atoms with Crippen molar-refractivity contribution in [3.63, 3.8) is 0 Å². The molecule has 1 fully saturated rings. The first-order valence-corrected chi connectivity index (χ1v) is 12.4. The topological polar surface area (TPSA) is 105 Å². The van der Waals surface area contributed by atoms with Crippen LogP contribution in [0, 0.1) is 6.92 Å². The van der Waals surface area contributed by atoms with Gasteiger partial charge in [-0.25, -0.2) is 8.42 Å². The van der Waals surface area contributed by atoms with Crippen molar-refractivity contribution in [1.82, 2.24) is 10.2 Å². The summed E-state index contributed by atoms with van der Waals surface area (Å²) in [5.41, 5.74) is 4.19. The Morgan fingerprint density at radius 2 is 1.59 bits per heavy atom. The van der Waals surface area contributed by atoms with E-state index in [2.05, 4.69) is 15.5 Å². The van der Waals surface area contributed by atoms with Gasteiger partial charge in [0.25, 0.3) is 5.91 Å². The van der Waals surface area contributed by atoms with E-state index >= 15 is 0 Å². The number of aryl methyl sites for hydroxylation is 1. The van der Waals surface area contributed by atoms with Crippen molar-refractivity contribution in [3.05, 3.63) is 83.9 Å². The van der Waals surface area contributed by atoms with Crippen LogP contribution in [0.15, 0.2) is 77.2 Å². The molecule has 2 heterocycles. The van der Waals surface area contributed by atoms with Crippen LogP contribution in [0.1, 0.15) is 22.3 Å². The largest absolute Gasteiger partial charge is 0.416 e. The molecule has 8 nitrogen and oxygen atoms in total. The van der Waals surface area contributed by atoms with Gasteiger partial charge < -0.3 is 9.73 Å². The Bertz CT molecular complexity index is 1450. The first kappa shape index (κ1) is 21.8. The number of anilines is 2. The monoisotopic (exact) mass is 474 g/mol. The van der Waals surface area contributed by atoms with Crippen molar-refractivity contribution in [1.29, 1.82) is 0 Å². The second-order valence-corrected chi connectivity index (χ2v) is 10.1. The number of sulfonamides is 1. The molecule has 5 rings (SSSR count). The minimum atomic E-state index is -3.29. The van der Waals surface area contributed by atoms with Crippen molar-refractivity contribution >= 4 is 27.3 Å². The molecule has 0 bridgehead atoms. The van der Waals surface area contributed by atoms with Crippen LogP contribution in [-0.4, -0.2) is 36.8 Å². The number of hydrogen-bond acceptors (Lipinski definition) is 6. The highest BCUT2D eigenvalue weighted by Gasteiger charge is 2.28. The van der Waals surface area contributed by atoms with Crippen molar-refractivity contribution in [2.24, 2.45) is 0 Å². The van der Waals surface area contributed by atoms with E-state index in [-0.39, 0.29) is 11.7 Å². The lowest BCUT2D eigenvalue weighted by Gasteiger charge is -2.17. The zero-order chi connectivity index (χ0) is 23.7. The number of benzene rings is 3. The van der Waals surface area contributed by atoms with Gasteiger partial charge in [-0.05, 0) is 67.9 Å². The minimum absolute atomic E-state index is 0.141. The van der Waals surface area contributed by atoms with Gasteiger partial charge >= 0.3 is 0 Å². The molecular formula is C25H22N4O4S. The predicted molar refractivity (Wildman–Crippen MR) is 130 cm³/mol. The van der Waals surface area contributed by atoms with Crippen molar-refractivity contribution in [3.8, 4) is 22.9 Å². The van der Waals surface area contributed by atoms with Gasteiger partial charge in [-0.2, -0.15) is 0 Å². The quantitative estimate of drug-likeness (QED) is 0.456. The molecule has 0 aliphatic carbocycles. The van der Waals surface area contributed by atoms with Crippen LogP contribution in [-0.2, 0) is 10.0 Å². The molecule has 1 N–H and O–H groups in total. The molecule has 4 aromatic rings. The normalized spacial score (nSPS) is 14.8. The van der Waals surface area contributed by atoms with E-state index in [1.807, 2.05) is 31.2 Å². The van der Waals surface area contributed by atoms with Crippen LogP contribution in [0.5, 0.6) is 0 Å². The van der Waals surface area contributed by atoms with Crippen LogP contribution in [0.2, 0.25) is 0 Å². The molecule has 0 spiro atoms. The number of carbonyl (C=O) groups is 1. The van der Waals surface area contributed by atoms with E-state index < -0.39 is 10.0 Å². The van der Waals surface area contributed by atoms with Gasteiger partial charge in [0.05, 0.1) is 11.4 Å². The van der Waals surface area contributed by atoms with Gasteiger partial charge in [0.1, 0.15) is 0 Å². The van der Waals surface area contributed by atoms with Gasteiger partial charge in [0.2, 0.25) is 21.8 Å². The van der Waals surface area contributed by atoms with Crippen LogP contribution >= 0.6 is 0 Å². The van der Waals surface area contributed by atoms with E-state index in [0.29, 0.717) is 47.2 Å². The first-order chi connectivity index (χ1) is 16.4. The molecule has 0 saturated carbocycles. The summed E-state index contributed by atoms with van der Waals surface area (Å²) in [7, 11) is -3.29. The van der Waals surface area contributed by atoms with Gasteiger partial charge in [-0.3, -0.25) is 9.10 Å². The van der Waals surface area contributed by atoms with Crippen molar-refractivity contribution in [2.45, 2.75) is 13.3 Å². The summed E-state index contributed by atoms with van der Waals surface area (Å²) in [5, 5.41) is 11.1. The van der Waals surface area contributed by atoms with Gasteiger partial charge in [0, 0.05) is 28.9 Å². The lowest BCUT2D eigenvalue weighted by atomic mass is 10.1. The second-order valence-electron chi connectivity index (χ2n) is 8.10. The van der Waals surface area contributed by atoms with Gasteiger partial charge in [-0.1, -0.05) is 23.8 Å². The molecule has 1 aliphatic rings. The van der Waals surface area contributed by atoms with Crippen molar-refractivity contribution < 1.29 is 17.6 Å². The van der Waals surface area contributed by atoms with Crippen LogP contribution in [0.4, 0.5) is 11.4 Å². The standard InChI is InChI=1S/C25H22N4O4S/c1-17-6-8-19(9-7-17)24-27-28-25(33-24)20-12-10-18(11-13-20)23(30)26-21-4-2-5-22(16-21)29-14-3-15-34(29,31)32/h2,4-13,16H,3,14-15H2,1H3,(H,26,30). The Morgan fingerprint density at radius 3 is 2.21 bits per heavy atom. The fourth-order valence-corrected chi connectivity index (χ4v) is 5.34. The third kappa shape index (κ3) is 4.42. The highest BCUT2D eigenvalue weighted by Crippen LogP contribution is 2.27. The summed E-state index contributed by atoms with van der Waals surface area (Å²) in [6, 6.07) is 21.5. The summed E-state index contributed by atoms with van der Waals surface area (Å²) in [4.78, 5) is 12.7. The predicted octanol–water partition coefficient (Wildman–Crippen LogP) is 4.50. The fraction of sp³-hybridized carbons (Fsp3) is 0.160. The zero-order valence-electron chi connectivity index (χ0n) is 18.4. The lowest BCUT2D eigenvalue weighted by molar-refractivity contribution is 0.102. The molecule has 1 aliphatic heterocycles. The summed E-state index contributed by atoms with van der Waals surface area (Å²) >= 11 is 0. The maximum atomic E-state index is 12.7. The third-order valence-corrected chi connectivity index (χ3v) is 7.48. The molecule has 0 radical (unpaired) electrons. The molecule has 172 valence electrons. The van der Waals surface area contributed by atoms with E-state index in [1.165, 1.54) is 4.31 Å². The molecule has 9 heteroatoms. The molecule has 1 amide bonds. The number of hydrogen-bond donors (Lipinski definition) is 1. The maximum Gasteiger partial charge on any atom is 0.255 e. The molecule has 1 aromatic heterocycles. The molecule has 1 saturated heterocycles. The molecule has 34 heavy (non-hydrogen) atoms. The highest BCUT2D eigenvalue weighted by atomic mass is 32.2. The fourth-order valence-electron chi connectivity index (χ4n) is 3.79. The van der Waals surface area contributed by atoms with E-state index in [9.17, 15) is 13.2 Å². The average molecular weight is 475 g/mol. The Hall–Kier alpha value is -3.98. The minimum Gasteiger partial charge on any atom is -0.416 e. The Balaban J connectivity index is 1.29. The number of rotatable bonds is 5. The number of nitrogens with zero attached hydrogens (tertiary/aromatic N) is 3. The second kappa shape index (κ2) is 8.75. The highest BCUT2D eigenvalue weighted by molar-refractivity contribution is 7.93. The third-order valence-electron chi connectivity index (χ3n) is 5.61. The van der Waals surface area contributed by atoms with E-state index in [0.717, 1.165) is 11.1 Å². The van der Waals surface area contributed by atoms with Crippen LogP contribution < -0.4 is 9.62 Å². The Morgan fingerprint density at radius 1 is 0.941 bits per heavy atom. The lowest BCUT2D eigenvalue weighted by Crippen LogP contribution is -2.25. The summed E-state index contributed by atoms with van der Waals surface area (Å²) in [6.07, 6.45) is 0.595. The van der Waals surface area contributed by atoms with Gasteiger partial charge in [-0.15, -0.1) is 10.2 Å². The summed E-state index contributed by atoms with van der Waals surface area (Å²) < 4.78 is 31.5. The molecule has 0 atom stereocenters. The number of nitrogens with one attached hydrogen (secondary N) is 1. The first-order valence-electron chi connectivity index (χ1n) is 10.8. The van der Waals surface area contributed by atoms with Crippen molar-refractivity contribution in [2.75, 3.05) is 21.9 Å².